The molecule has 0 saturated carbocycles. The number of nitrogens with two attached hydrogens (primary N) is 1. The van der Waals surface area contributed by atoms with E-state index in [2.05, 4.69) is 22.3 Å². The fourth-order valence-electron chi connectivity index (χ4n) is 3.26. The van der Waals surface area contributed by atoms with E-state index in [4.69, 9.17) is 5.84 Å². The van der Waals surface area contributed by atoms with Crippen LogP contribution in [0.3, 0.4) is 0 Å². The quantitative estimate of drug-likeness (QED) is 0.407. The molecule has 2 saturated heterocycles. The second-order valence-corrected chi connectivity index (χ2v) is 5.36. The highest BCUT2D eigenvalue weighted by atomic mass is 16.2. The number of piperidine rings is 2. The first-order valence-corrected chi connectivity index (χ1v) is 6.62. The van der Waals surface area contributed by atoms with Crippen LogP contribution in [0.1, 0.15) is 25.7 Å². The summed E-state index contributed by atoms with van der Waals surface area (Å²) in [6.45, 7) is 4.35. The SMILES string of the molecule is CN1CCCC2CN(CCC(=O)NN)CCC21. The number of fused-ring (bicyclic) bond motifs is 1. The first kappa shape index (κ1) is 12.8. The maximum atomic E-state index is 11.1. The van der Waals surface area contributed by atoms with E-state index in [-0.39, 0.29) is 5.91 Å². The van der Waals surface area contributed by atoms with Gasteiger partial charge in [0.2, 0.25) is 5.91 Å². The van der Waals surface area contributed by atoms with Gasteiger partial charge in [-0.05, 0) is 45.3 Å². The Morgan fingerprint density at radius 1 is 1.41 bits per heavy atom. The van der Waals surface area contributed by atoms with Crippen molar-refractivity contribution in [2.45, 2.75) is 31.7 Å². The Bertz CT molecular complexity index is 271. The van der Waals surface area contributed by atoms with Crippen LogP contribution in [0, 0.1) is 5.92 Å². The second-order valence-electron chi connectivity index (χ2n) is 5.36. The maximum absolute atomic E-state index is 11.1. The van der Waals surface area contributed by atoms with Gasteiger partial charge in [0.25, 0.3) is 0 Å². The molecule has 5 heteroatoms. The summed E-state index contributed by atoms with van der Waals surface area (Å²) in [5, 5.41) is 0. The first-order chi connectivity index (χ1) is 8.20. The molecule has 0 aromatic heterocycles. The zero-order chi connectivity index (χ0) is 12.3. The van der Waals surface area contributed by atoms with Gasteiger partial charge in [0.15, 0.2) is 0 Å². The van der Waals surface area contributed by atoms with Crippen molar-refractivity contribution in [2.75, 3.05) is 33.2 Å². The van der Waals surface area contributed by atoms with Gasteiger partial charge < -0.3 is 9.80 Å². The summed E-state index contributed by atoms with van der Waals surface area (Å²) in [4.78, 5) is 16.0. The molecule has 98 valence electrons. The van der Waals surface area contributed by atoms with Gasteiger partial charge in [-0.2, -0.15) is 0 Å². The predicted octanol–water partition coefficient (Wildman–Crippen LogP) is -0.217. The van der Waals surface area contributed by atoms with Crippen molar-refractivity contribution in [2.24, 2.45) is 11.8 Å². The lowest BCUT2D eigenvalue weighted by Crippen LogP contribution is -2.53. The number of hydrogen-bond donors (Lipinski definition) is 2. The van der Waals surface area contributed by atoms with Gasteiger partial charge in [0, 0.05) is 25.6 Å². The molecule has 2 aliphatic rings. The molecule has 0 spiro atoms. The van der Waals surface area contributed by atoms with Crippen LogP contribution in [-0.2, 0) is 4.79 Å². The maximum Gasteiger partial charge on any atom is 0.235 e. The van der Waals surface area contributed by atoms with Crippen molar-refractivity contribution >= 4 is 5.91 Å². The molecule has 0 radical (unpaired) electrons. The third kappa shape index (κ3) is 3.18. The zero-order valence-corrected chi connectivity index (χ0v) is 10.7. The van der Waals surface area contributed by atoms with E-state index in [0.29, 0.717) is 6.42 Å². The Balaban J connectivity index is 1.79. The van der Waals surface area contributed by atoms with Crippen molar-refractivity contribution in [3.63, 3.8) is 0 Å². The monoisotopic (exact) mass is 240 g/mol. The van der Waals surface area contributed by atoms with E-state index in [1.165, 1.54) is 25.8 Å². The van der Waals surface area contributed by atoms with Crippen LogP contribution in [0.5, 0.6) is 0 Å². The number of amides is 1. The lowest BCUT2D eigenvalue weighted by atomic mass is 9.84. The summed E-state index contributed by atoms with van der Waals surface area (Å²) >= 11 is 0. The molecule has 0 bridgehead atoms. The summed E-state index contributed by atoms with van der Waals surface area (Å²) in [6.07, 6.45) is 4.42. The number of carbonyl (C=O) groups excluding carboxylic acids is 1. The van der Waals surface area contributed by atoms with Gasteiger partial charge in [-0.1, -0.05) is 0 Å². The van der Waals surface area contributed by atoms with Crippen molar-refractivity contribution in [1.82, 2.24) is 15.2 Å². The number of hydrazine groups is 1. The molecule has 2 unspecified atom stereocenters. The van der Waals surface area contributed by atoms with Crippen molar-refractivity contribution < 1.29 is 4.79 Å². The van der Waals surface area contributed by atoms with Crippen LogP contribution in [0.25, 0.3) is 0 Å². The molecule has 17 heavy (non-hydrogen) atoms. The summed E-state index contributed by atoms with van der Waals surface area (Å²) < 4.78 is 0. The lowest BCUT2D eigenvalue weighted by molar-refractivity contribution is -0.121. The molecular weight excluding hydrogens is 216 g/mol. The van der Waals surface area contributed by atoms with E-state index < -0.39 is 0 Å². The Hall–Kier alpha value is -0.650. The molecule has 3 N–H and O–H groups in total. The van der Waals surface area contributed by atoms with Crippen molar-refractivity contribution in [3.8, 4) is 0 Å². The fourth-order valence-corrected chi connectivity index (χ4v) is 3.26. The third-order valence-corrected chi connectivity index (χ3v) is 4.25. The van der Waals surface area contributed by atoms with Crippen LogP contribution in [-0.4, -0.2) is 55.0 Å². The van der Waals surface area contributed by atoms with Crippen LogP contribution in [0.4, 0.5) is 0 Å². The average molecular weight is 240 g/mol. The fraction of sp³-hybridized carbons (Fsp3) is 0.917. The summed E-state index contributed by atoms with van der Waals surface area (Å²) in [5.41, 5.74) is 2.19. The Morgan fingerprint density at radius 2 is 2.24 bits per heavy atom. The number of likely N-dealkylation sites (tertiary alicyclic amines) is 2. The number of nitrogens with one attached hydrogen (secondary N) is 1. The molecule has 2 rings (SSSR count). The highest BCUT2D eigenvalue weighted by molar-refractivity contribution is 5.75. The molecule has 2 heterocycles. The summed E-state index contributed by atoms with van der Waals surface area (Å²) in [5.74, 6) is 5.82. The van der Waals surface area contributed by atoms with E-state index in [9.17, 15) is 4.79 Å². The molecule has 0 aromatic carbocycles. The molecule has 5 nitrogen and oxygen atoms in total. The molecule has 0 aliphatic carbocycles. The van der Waals surface area contributed by atoms with Crippen molar-refractivity contribution in [3.05, 3.63) is 0 Å². The minimum atomic E-state index is -0.0621. The highest BCUT2D eigenvalue weighted by Crippen LogP contribution is 2.29. The Labute approximate surface area is 103 Å². The molecule has 1 amide bonds. The van der Waals surface area contributed by atoms with E-state index in [0.717, 1.165) is 31.6 Å². The summed E-state index contributed by atoms with van der Waals surface area (Å²) in [7, 11) is 2.24. The topological polar surface area (TPSA) is 61.6 Å². The van der Waals surface area contributed by atoms with E-state index >= 15 is 0 Å². The first-order valence-electron chi connectivity index (χ1n) is 6.62. The zero-order valence-electron chi connectivity index (χ0n) is 10.7. The van der Waals surface area contributed by atoms with Gasteiger partial charge in [-0.3, -0.25) is 10.2 Å². The number of carbonyl (C=O) groups is 1. The molecule has 0 aromatic rings. The average Bonchev–Trinajstić information content (AvgIpc) is 2.36. The van der Waals surface area contributed by atoms with Crippen molar-refractivity contribution in [1.29, 1.82) is 0 Å². The van der Waals surface area contributed by atoms with Crippen LogP contribution < -0.4 is 11.3 Å². The molecule has 2 atom stereocenters. The van der Waals surface area contributed by atoms with E-state index in [1.54, 1.807) is 0 Å². The Morgan fingerprint density at radius 3 is 3.00 bits per heavy atom. The van der Waals surface area contributed by atoms with Crippen LogP contribution in [0.2, 0.25) is 0 Å². The van der Waals surface area contributed by atoms with Gasteiger partial charge in [-0.25, -0.2) is 5.84 Å². The Kier molecular flexibility index (Phi) is 4.36. The standard InChI is InChI=1S/C12H24N4O/c1-15-6-2-3-10-9-16(7-4-11(10)15)8-5-12(17)14-13/h10-11H,2-9,13H2,1H3,(H,14,17). The van der Waals surface area contributed by atoms with Gasteiger partial charge in [0.05, 0.1) is 0 Å². The molecular formula is C12H24N4O. The highest BCUT2D eigenvalue weighted by Gasteiger charge is 2.33. The van der Waals surface area contributed by atoms with Gasteiger partial charge in [-0.15, -0.1) is 0 Å². The molecule has 2 aliphatic heterocycles. The van der Waals surface area contributed by atoms with Crippen LogP contribution >= 0.6 is 0 Å². The predicted molar refractivity (Wildman–Crippen MR) is 67.1 cm³/mol. The van der Waals surface area contributed by atoms with Gasteiger partial charge in [0.1, 0.15) is 0 Å². The summed E-state index contributed by atoms with van der Waals surface area (Å²) in [6, 6.07) is 0.767. The number of nitrogens with zero attached hydrogens (tertiary/aromatic N) is 2. The largest absolute Gasteiger partial charge is 0.303 e. The van der Waals surface area contributed by atoms with Crippen LogP contribution in [0.15, 0.2) is 0 Å². The molecule has 2 fully saturated rings. The number of rotatable bonds is 3. The minimum absolute atomic E-state index is 0.0621. The second kappa shape index (κ2) is 5.80. The van der Waals surface area contributed by atoms with Gasteiger partial charge >= 0.3 is 0 Å². The number of hydrogen-bond acceptors (Lipinski definition) is 4. The normalized spacial score (nSPS) is 30.9. The van der Waals surface area contributed by atoms with E-state index in [1.807, 2.05) is 0 Å². The minimum Gasteiger partial charge on any atom is -0.303 e. The smallest absolute Gasteiger partial charge is 0.235 e. The lowest BCUT2D eigenvalue weighted by Gasteiger charge is -2.46. The third-order valence-electron chi connectivity index (χ3n) is 4.25.